The first-order chi connectivity index (χ1) is 8.91. The number of rotatable bonds is 4. The Morgan fingerprint density at radius 1 is 1.37 bits per heavy atom. The SMILES string of the molecule is CN(CC1CCCC1)S(=O)(=O)c1cc(N)ccc1F. The number of nitrogens with zero attached hydrogens (tertiary/aromatic N) is 1. The van der Waals surface area contributed by atoms with Gasteiger partial charge in [-0.2, -0.15) is 0 Å². The monoisotopic (exact) mass is 286 g/mol. The fraction of sp³-hybridized carbons (Fsp3) is 0.538. The summed E-state index contributed by atoms with van der Waals surface area (Å²) in [5.41, 5.74) is 5.78. The third-order valence-electron chi connectivity index (χ3n) is 3.63. The van der Waals surface area contributed by atoms with Crippen molar-refractivity contribution in [1.29, 1.82) is 0 Å². The van der Waals surface area contributed by atoms with Crippen LogP contribution >= 0.6 is 0 Å². The van der Waals surface area contributed by atoms with Crippen LogP contribution < -0.4 is 5.73 Å². The number of anilines is 1. The highest BCUT2D eigenvalue weighted by Gasteiger charge is 2.27. The maximum Gasteiger partial charge on any atom is 0.245 e. The Morgan fingerprint density at radius 2 is 2.00 bits per heavy atom. The Bertz CT molecular complexity index is 554. The van der Waals surface area contributed by atoms with Crippen molar-refractivity contribution >= 4 is 15.7 Å². The number of hydrogen-bond donors (Lipinski definition) is 1. The van der Waals surface area contributed by atoms with Gasteiger partial charge in [0.15, 0.2) is 0 Å². The molecule has 0 unspecified atom stereocenters. The van der Waals surface area contributed by atoms with Crippen LogP contribution in [0.2, 0.25) is 0 Å². The fourth-order valence-corrected chi connectivity index (χ4v) is 3.88. The van der Waals surface area contributed by atoms with E-state index in [0.29, 0.717) is 12.5 Å². The quantitative estimate of drug-likeness (QED) is 0.863. The molecule has 0 heterocycles. The average molecular weight is 286 g/mol. The van der Waals surface area contributed by atoms with Crippen molar-refractivity contribution in [2.24, 2.45) is 5.92 Å². The highest BCUT2D eigenvalue weighted by atomic mass is 32.2. The van der Waals surface area contributed by atoms with E-state index in [1.807, 2.05) is 0 Å². The van der Waals surface area contributed by atoms with Crippen LogP contribution in [0.1, 0.15) is 25.7 Å². The molecule has 1 aliphatic rings. The molecule has 1 aliphatic carbocycles. The van der Waals surface area contributed by atoms with E-state index < -0.39 is 15.8 Å². The molecular formula is C13H19FN2O2S. The average Bonchev–Trinajstić information content (AvgIpc) is 2.85. The van der Waals surface area contributed by atoms with Gasteiger partial charge in [-0.15, -0.1) is 0 Å². The largest absolute Gasteiger partial charge is 0.399 e. The van der Waals surface area contributed by atoms with Crippen molar-refractivity contribution in [3.8, 4) is 0 Å². The number of sulfonamides is 1. The zero-order valence-corrected chi connectivity index (χ0v) is 11.8. The summed E-state index contributed by atoms with van der Waals surface area (Å²) in [6, 6.07) is 3.62. The molecule has 0 aliphatic heterocycles. The van der Waals surface area contributed by atoms with E-state index in [4.69, 9.17) is 5.73 Å². The maximum absolute atomic E-state index is 13.7. The molecule has 1 aromatic rings. The summed E-state index contributed by atoms with van der Waals surface area (Å²) in [6.07, 6.45) is 4.37. The lowest BCUT2D eigenvalue weighted by molar-refractivity contribution is 0.385. The van der Waals surface area contributed by atoms with E-state index in [0.717, 1.165) is 31.7 Å². The second-order valence-electron chi connectivity index (χ2n) is 5.13. The highest BCUT2D eigenvalue weighted by molar-refractivity contribution is 7.89. The summed E-state index contributed by atoms with van der Waals surface area (Å²) < 4.78 is 39.6. The predicted molar refractivity (Wildman–Crippen MR) is 72.6 cm³/mol. The standard InChI is InChI=1S/C13H19FN2O2S/c1-16(9-10-4-2-3-5-10)19(17,18)13-8-11(15)6-7-12(13)14/h6-8,10H,2-5,9,15H2,1H3. The van der Waals surface area contributed by atoms with Gasteiger partial charge in [-0.05, 0) is 37.0 Å². The molecule has 106 valence electrons. The topological polar surface area (TPSA) is 63.4 Å². The maximum atomic E-state index is 13.7. The smallest absolute Gasteiger partial charge is 0.245 e. The second kappa shape index (κ2) is 5.46. The van der Waals surface area contributed by atoms with Gasteiger partial charge in [-0.1, -0.05) is 12.8 Å². The third-order valence-corrected chi connectivity index (χ3v) is 5.47. The molecule has 0 aromatic heterocycles. The molecule has 0 radical (unpaired) electrons. The first kappa shape index (κ1) is 14.3. The fourth-order valence-electron chi connectivity index (χ4n) is 2.54. The minimum absolute atomic E-state index is 0.245. The first-order valence-electron chi connectivity index (χ1n) is 6.42. The molecule has 0 amide bonds. The van der Waals surface area contributed by atoms with Crippen LogP contribution in [0, 0.1) is 11.7 Å². The Balaban J connectivity index is 2.22. The van der Waals surface area contributed by atoms with E-state index in [1.165, 1.54) is 23.5 Å². The number of hydrogen-bond acceptors (Lipinski definition) is 3. The molecule has 2 N–H and O–H groups in total. The number of nitrogen functional groups attached to an aromatic ring is 1. The van der Waals surface area contributed by atoms with Gasteiger partial charge < -0.3 is 5.73 Å². The zero-order chi connectivity index (χ0) is 14.0. The van der Waals surface area contributed by atoms with Crippen molar-refractivity contribution in [3.63, 3.8) is 0 Å². The number of nitrogens with two attached hydrogens (primary N) is 1. The van der Waals surface area contributed by atoms with Gasteiger partial charge >= 0.3 is 0 Å². The van der Waals surface area contributed by atoms with Gasteiger partial charge in [0, 0.05) is 19.3 Å². The Kier molecular flexibility index (Phi) is 4.10. The van der Waals surface area contributed by atoms with Gasteiger partial charge in [-0.3, -0.25) is 0 Å². The molecule has 4 nitrogen and oxygen atoms in total. The van der Waals surface area contributed by atoms with E-state index in [9.17, 15) is 12.8 Å². The minimum atomic E-state index is -3.80. The summed E-state index contributed by atoms with van der Waals surface area (Å²) in [4.78, 5) is -0.340. The van der Waals surface area contributed by atoms with Crippen LogP contribution in [0.3, 0.4) is 0 Å². The van der Waals surface area contributed by atoms with Gasteiger partial charge in [0.2, 0.25) is 10.0 Å². The molecular weight excluding hydrogens is 267 g/mol. The van der Waals surface area contributed by atoms with Crippen LogP contribution in [-0.4, -0.2) is 26.3 Å². The van der Waals surface area contributed by atoms with Crippen molar-refractivity contribution in [2.75, 3.05) is 19.3 Å². The molecule has 19 heavy (non-hydrogen) atoms. The molecule has 1 fully saturated rings. The van der Waals surface area contributed by atoms with Crippen LogP contribution in [0.5, 0.6) is 0 Å². The summed E-state index contributed by atoms with van der Waals surface area (Å²) in [5.74, 6) is -0.378. The Hall–Kier alpha value is -1.14. The van der Waals surface area contributed by atoms with E-state index >= 15 is 0 Å². The van der Waals surface area contributed by atoms with Gasteiger partial charge in [0.25, 0.3) is 0 Å². The van der Waals surface area contributed by atoms with Crippen LogP contribution in [0.4, 0.5) is 10.1 Å². The lowest BCUT2D eigenvalue weighted by Crippen LogP contribution is -2.31. The van der Waals surface area contributed by atoms with Gasteiger partial charge in [0.05, 0.1) is 0 Å². The first-order valence-corrected chi connectivity index (χ1v) is 7.86. The molecule has 0 bridgehead atoms. The van der Waals surface area contributed by atoms with Crippen LogP contribution in [0.25, 0.3) is 0 Å². The molecule has 1 aromatic carbocycles. The molecule has 1 saturated carbocycles. The third kappa shape index (κ3) is 3.06. The summed E-state index contributed by atoms with van der Waals surface area (Å²) >= 11 is 0. The van der Waals surface area contributed by atoms with E-state index in [1.54, 1.807) is 0 Å². The number of halogens is 1. The van der Waals surface area contributed by atoms with Crippen molar-refractivity contribution in [3.05, 3.63) is 24.0 Å². The second-order valence-corrected chi connectivity index (χ2v) is 7.14. The van der Waals surface area contributed by atoms with Gasteiger partial charge in [-0.25, -0.2) is 17.1 Å². The molecule has 0 saturated heterocycles. The Labute approximate surface area is 113 Å². The zero-order valence-electron chi connectivity index (χ0n) is 11.0. The lowest BCUT2D eigenvalue weighted by atomic mass is 10.1. The normalized spacial score (nSPS) is 17.2. The lowest BCUT2D eigenvalue weighted by Gasteiger charge is -2.21. The molecule has 6 heteroatoms. The predicted octanol–water partition coefficient (Wildman–Crippen LogP) is 2.22. The van der Waals surface area contributed by atoms with Gasteiger partial charge in [0.1, 0.15) is 10.7 Å². The summed E-state index contributed by atoms with van der Waals surface area (Å²) in [6.45, 7) is 0.441. The minimum Gasteiger partial charge on any atom is -0.399 e. The molecule has 0 atom stereocenters. The summed E-state index contributed by atoms with van der Waals surface area (Å²) in [5, 5.41) is 0. The highest BCUT2D eigenvalue weighted by Crippen LogP contribution is 2.28. The molecule has 0 spiro atoms. The van der Waals surface area contributed by atoms with Crippen LogP contribution in [-0.2, 0) is 10.0 Å². The van der Waals surface area contributed by atoms with Crippen molar-refractivity contribution in [2.45, 2.75) is 30.6 Å². The van der Waals surface area contributed by atoms with E-state index in [-0.39, 0.29) is 10.6 Å². The summed E-state index contributed by atoms with van der Waals surface area (Å²) in [7, 11) is -2.30. The van der Waals surface area contributed by atoms with Crippen molar-refractivity contribution < 1.29 is 12.8 Å². The molecule has 2 rings (SSSR count). The van der Waals surface area contributed by atoms with E-state index in [2.05, 4.69) is 0 Å². The van der Waals surface area contributed by atoms with Crippen molar-refractivity contribution in [1.82, 2.24) is 4.31 Å². The number of benzene rings is 1. The van der Waals surface area contributed by atoms with Crippen LogP contribution in [0.15, 0.2) is 23.1 Å². The Morgan fingerprint density at radius 3 is 2.63 bits per heavy atom.